The molecule has 0 aromatic carbocycles. The van der Waals surface area contributed by atoms with Crippen molar-refractivity contribution in [3.63, 3.8) is 0 Å². The van der Waals surface area contributed by atoms with Crippen LogP contribution in [0.25, 0.3) is 0 Å². The highest BCUT2D eigenvalue weighted by molar-refractivity contribution is 5.93. The number of anilines is 1. The van der Waals surface area contributed by atoms with Gasteiger partial charge in [-0.05, 0) is 19.8 Å². The molecule has 9 heteroatoms. The first-order valence-electron chi connectivity index (χ1n) is 8.30. The number of carbonyl (C=O) groups excluding carboxylic acids is 2. The van der Waals surface area contributed by atoms with E-state index in [1.54, 1.807) is 13.3 Å². The second-order valence-corrected chi connectivity index (χ2v) is 6.56. The van der Waals surface area contributed by atoms with Gasteiger partial charge in [0.05, 0.1) is 24.4 Å². The number of hydrogen-bond acceptors (Lipinski definition) is 5. The second-order valence-electron chi connectivity index (χ2n) is 6.56. The third-order valence-corrected chi connectivity index (χ3v) is 4.41. The Hall–Kier alpha value is -1.64. The largest absolute Gasteiger partial charge is 0.383 e. The minimum Gasteiger partial charge on any atom is -0.383 e. The van der Waals surface area contributed by atoms with E-state index in [4.69, 9.17) is 10.5 Å². The summed E-state index contributed by atoms with van der Waals surface area (Å²) in [5.74, 6) is -0.439. The highest BCUT2D eigenvalue weighted by atomic mass is 35.5. The average molecular weight is 374 g/mol. The minimum atomic E-state index is -0.473. The molecule has 0 bridgehead atoms. The lowest BCUT2D eigenvalue weighted by Gasteiger charge is -2.37. The van der Waals surface area contributed by atoms with Crippen LogP contribution in [-0.4, -0.2) is 47.4 Å². The molecular weight excluding hydrogens is 346 g/mol. The van der Waals surface area contributed by atoms with Crippen LogP contribution in [0.1, 0.15) is 32.6 Å². The van der Waals surface area contributed by atoms with E-state index >= 15 is 0 Å². The lowest BCUT2D eigenvalue weighted by molar-refractivity contribution is -0.123. The Morgan fingerprint density at radius 3 is 2.92 bits per heavy atom. The molecule has 2 atom stereocenters. The van der Waals surface area contributed by atoms with Gasteiger partial charge in [0.1, 0.15) is 6.54 Å². The quantitative estimate of drug-likeness (QED) is 0.615. The van der Waals surface area contributed by atoms with Gasteiger partial charge in [-0.25, -0.2) is 0 Å². The standard InChI is InChI=1S/C16H27N5O3.ClH/c1-16(17)6-4-3-5-13(16)15(23)20-12-9-19-21(10-12)11-14(22)18-7-8-24-2;/h9-10,13H,3-8,11,17H2,1-2H3,(H,18,22)(H,20,23);1H. The summed E-state index contributed by atoms with van der Waals surface area (Å²) >= 11 is 0. The molecular formula is C16H28ClN5O3. The molecule has 2 unspecified atom stereocenters. The summed E-state index contributed by atoms with van der Waals surface area (Å²) in [5.41, 5.74) is 6.36. The van der Waals surface area contributed by atoms with Crippen LogP contribution >= 0.6 is 12.4 Å². The fourth-order valence-electron chi connectivity index (χ4n) is 3.03. The van der Waals surface area contributed by atoms with Gasteiger partial charge in [-0.15, -0.1) is 12.4 Å². The average Bonchev–Trinajstić information content (AvgIpc) is 2.93. The maximum Gasteiger partial charge on any atom is 0.241 e. The molecule has 8 nitrogen and oxygen atoms in total. The number of nitrogens with one attached hydrogen (secondary N) is 2. The number of carbonyl (C=O) groups is 2. The fourth-order valence-corrected chi connectivity index (χ4v) is 3.03. The van der Waals surface area contributed by atoms with E-state index in [0.29, 0.717) is 18.8 Å². The predicted octanol–water partition coefficient (Wildman–Crippen LogP) is 0.914. The maximum atomic E-state index is 12.5. The summed E-state index contributed by atoms with van der Waals surface area (Å²) in [6, 6.07) is 0. The molecule has 0 aliphatic heterocycles. The molecule has 1 saturated carbocycles. The van der Waals surface area contributed by atoms with Crippen LogP contribution in [-0.2, 0) is 20.9 Å². The molecule has 0 spiro atoms. The number of rotatable bonds is 7. The van der Waals surface area contributed by atoms with Gasteiger partial charge < -0.3 is 21.1 Å². The van der Waals surface area contributed by atoms with Gasteiger partial charge in [-0.3, -0.25) is 14.3 Å². The van der Waals surface area contributed by atoms with E-state index < -0.39 is 5.54 Å². The Bertz CT molecular complexity index is 576. The Labute approximate surface area is 154 Å². The summed E-state index contributed by atoms with van der Waals surface area (Å²) in [4.78, 5) is 24.2. The van der Waals surface area contributed by atoms with Gasteiger partial charge in [-0.1, -0.05) is 12.8 Å². The lowest BCUT2D eigenvalue weighted by atomic mass is 9.74. The highest BCUT2D eigenvalue weighted by Gasteiger charge is 2.37. The molecule has 0 saturated heterocycles. The molecule has 2 amide bonds. The number of halogens is 1. The van der Waals surface area contributed by atoms with Crippen LogP contribution in [0.15, 0.2) is 12.4 Å². The van der Waals surface area contributed by atoms with Crippen molar-refractivity contribution in [2.24, 2.45) is 11.7 Å². The van der Waals surface area contributed by atoms with Crippen molar-refractivity contribution >= 4 is 29.9 Å². The molecule has 1 aromatic rings. The van der Waals surface area contributed by atoms with E-state index in [2.05, 4.69) is 15.7 Å². The van der Waals surface area contributed by atoms with Crippen molar-refractivity contribution < 1.29 is 14.3 Å². The van der Waals surface area contributed by atoms with Crippen molar-refractivity contribution in [2.75, 3.05) is 25.6 Å². The smallest absolute Gasteiger partial charge is 0.241 e. The first-order chi connectivity index (χ1) is 11.4. The normalized spacial score (nSPS) is 22.8. The number of hydrogen-bond donors (Lipinski definition) is 3. The number of aromatic nitrogens is 2. The van der Waals surface area contributed by atoms with Gasteiger partial charge in [0.25, 0.3) is 0 Å². The zero-order valence-corrected chi connectivity index (χ0v) is 15.6. The second kappa shape index (κ2) is 9.74. The molecule has 1 fully saturated rings. The zero-order valence-electron chi connectivity index (χ0n) is 14.8. The summed E-state index contributed by atoms with van der Waals surface area (Å²) in [5, 5.41) is 9.67. The summed E-state index contributed by atoms with van der Waals surface area (Å²) in [7, 11) is 1.58. The van der Waals surface area contributed by atoms with Crippen molar-refractivity contribution in [3.05, 3.63) is 12.4 Å². The van der Waals surface area contributed by atoms with E-state index in [1.165, 1.54) is 10.9 Å². The monoisotopic (exact) mass is 373 g/mol. The van der Waals surface area contributed by atoms with Crippen molar-refractivity contribution in [1.29, 1.82) is 0 Å². The zero-order chi connectivity index (χ0) is 17.6. The molecule has 1 aliphatic carbocycles. The Morgan fingerprint density at radius 2 is 2.24 bits per heavy atom. The van der Waals surface area contributed by atoms with Gasteiger partial charge in [-0.2, -0.15) is 5.10 Å². The molecule has 1 aromatic heterocycles. The van der Waals surface area contributed by atoms with E-state index in [0.717, 1.165) is 25.7 Å². The lowest BCUT2D eigenvalue weighted by Crippen LogP contribution is -2.51. The van der Waals surface area contributed by atoms with Gasteiger partial charge in [0.15, 0.2) is 0 Å². The predicted molar refractivity (Wildman–Crippen MR) is 97.5 cm³/mol. The Balaban J connectivity index is 0.00000312. The van der Waals surface area contributed by atoms with Crippen molar-refractivity contribution in [3.8, 4) is 0 Å². The summed E-state index contributed by atoms with van der Waals surface area (Å²) < 4.78 is 6.36. The van der Waals surface area contributed by atoms with Crippen LogP contribution in [0.5, 0.6) is 0 Å². The molecule has 4 N–H and O–H groups in total. The number of nitrogens with zero attached hydrogens (tertiary/aromatic N) is 2. The third-order valence-electron chi connectivity index (χ3n) is 4.41. The molecule has 1 aliphatic rings. The first-order valence-corrected chi connectivity index (χ1v) is 8.30. The van der Waals surface area contributed by atoms with E-state index in [1.807, 2.05) is 6.92 Å². The third kappa shape index (κ3) is 6.30. The number of amides is 2. The Kier molecular flexibility index (Phi) is 8.34. The SMILES string of the molecule is COCCNC(=O)Cn1cc(NC(=O)C2CCCCC2(C)N)cn1.Cl. The van der Waals surface area contributed by atoms with Crippen molar-refractivity contribution in [2.45, 2.75) is 44.7 Å². The van der Waals surface area contributed by atoms with Crippen LogP contribution < -0.4 is 16.4 Å². The molecule has 2 rings (SSSR count). The Morgan fingerprint density at radius 1 is 1.48 bits per heavy atom. The van der Waals surface area contributed by atoms with E-state index in [9.17, 15) is 9.59 Å². The molecule has 0 radical (unpaired) electrons. The summed E-state index contributed by atoms with van der Waals surface area (Å²) in [6.07, 6.45) is 6.92. The van der Waals surface area contributed by atoms with Gasteiger partial charge >= 0.3 is 0 Å². The number of methoxy groups -OCH3 is 1. The summed E-state index contributed by atoms with van der Waals surface area (Å²) in [6.45, 7) is 2.95. The van der Waals surface area contributed by atoms with Crippen LogP contribution in [0.2, 0.25) is 0 Å². The van der Waals surface area contributed by atoms with Gasteiger partial charge in [0.2, 0.25) is 11.8 Å². The maximum absolute atomic E-state index is 12.5. The first kappa shape index (κ1) is 21.4. The van der Waals surface area contributed by atoms with Crippen LogP contribution in [0.4, 0.5) is 5.69 Å². The van der Waals surface area contributed by atoms with Crippen LogP contribution in [0, 0.1) is 5.92 Å². The highest BCUT2D eigenvalue weighted by Crippen LogP contribution is 2.32. The number of nitrogens with two attached hydrogens (primary N) is 1. The number of ether oxygens (including phenoxy) is 1. The van der Waals surface area contributed by atoms with Crippen LogP contribution in [0.3, 0.4) is 0 Å². The van der Waals surface area contributed by atoms with E-state index in [-0.39, 0.29) is 36.7 Å². The van der Waals surface area contributed by atoms with Gasteiger partial charge in [0, 0.05) is 25.4 Å². The topological polar surface area (TPSA) is 111 Å². The fraction of sp³-hybridized carbons (Fsp3) is 0.688. The van der Waals surface area contributed by atoms with Crippen molar-refractivity contribution in [1.82, 2.24) is 15.1 Å². The molecule has 25 heavy (non-hydrogen) atoms. The molecule has 1 heterocycles. The molecule has 142 valence electrons. The minimum absolute atomic E-state index is 0.